The quantitative estimate of drug-likeness (QED) is 0.742. The van der Waals surface area contributed by atoms with Crippen LogP contribution in [0.2, 0.25) is 0 Å². The lowest BCUT2D eigenvalue weighted by Gasteiger charge is -2.24. The van der Waals surface area contributed by atoms with E-state index in [9.17, 15) is 9.59 Å². The van der Waals surface area contributed by atoms with Gasteiger partial charge in [-0.25, -0.2) is 4.79 Å². The second kappa shape index (κ2) is 7.76. The fraction of sp³-hybridized carbons (Fsp3) is 0.579. The predicted molar refractivity (Wildman–Crippen MR) is 98.3 cm³/mol. The van der Waals surface area contributed by atoms with Crippen molar-refractivity contribution in [1.29, 1.82) is 0 Å². The largest absolute Gasteiger partial charge is 0.383 e. The van der Waals surface area contributed by atoms with Gasteiger partial charge in [0.1, 0.15) is 6.04 Å². The van der Waals surface area contributed by atoms with E-state index in [2.05, 4.69) is 29.8 Å². The average Bonchev–Trinajstić information content (AvgIpc) is 3.24. The number of carbonyl (C=O) groups excluding carboxylic acids is 2. The van der Waals surface area contributed by atoms with Gasteiger partial charge in [-0.1, -0.05) is 12.1 Å². The number of urea groups is 1. The summed E-state index contributed by atoms with van der Waals surface area (Å²) in [7, 11) is 0. The molecule has 2 aliphatic rings. The van der Waals surface area contributed by atoms with Crippen molar-refractivity contribution >= 4 is 17.6 Å². The maximum absolute atomic E-state index is 12.5. The molecule has 6 heteroatoms. The number of hydrogen-bond acceptors (Lipinski definition) is 3. The number of benzene rings is 1. The Morgan fingerprint density at radius 1 is 1.24 bits per heavy atom. The van der Waals surface area contributed by atoms with Gasteiger partial charge in [-0.3, -0.25) is 4.79 Å². The molecule has 3 rings (SSSR count). The summed E-state index contributed by atoms with van der Waals surface area (Å²) in [6, 6.07) is 8.24. The third-order valence-corrected chi connectivity index (χ3v) is 4.57. The number of carbonyl (C=O) groups is 2. The minimum Gasteiger partial charge on any atom is -0.383 e. The summed E-state index contributed by atoms with van der Waals surface area (Å²) in [4.78, 5) is 26.5. The van der Waals surface area contributed by atoms with Crippen molar-refractivity contribution in [3.8, 4) is 0 Å². The Kier molecular flexibility index (Phi) is 5.46. The lowest BCUT2D eigenvalue weighted by molar-refractivity contribution is -0.124. The van der Waals surface area contributed by atoms with Crippen molar-refractivity contribution in [2.75, 3.05) is 11.9 Å². The summed E-state index contributed by atoms with van der Waals surface area (Å²) in [5.41, 5.74) is 2.08. The topological polar surface area (TPSA) is 73.5 Å². The molecule has 1 saturated carbocycles. The highest BCUT2D eigenvalue weighted by atomic mass is 16.2. The highest BCUT2D eigenvalue weighted by Gasteiger charge is 2.36. The normalized spacial score (nSPS) is 19.8. The lowest BCUT2D eigenvalue weighted by Crippen LogP contribution is -2.49. The molecule has 3 amide bonds. The zero-order chi connectivity index (χ0) is 17.8. The molecule has 25 heavy (non-hydrogen) atoms. The van der Waals surface area contributed by atoms with E-state index in [1.807, 2.05) is 24.3 Å². The fourth-order valence-electron chi connectivity index (χ4n) is 3.19. The first-order valence-corrected chi connectivity index (χ1v) is 9.23. The molecule has 0 radical (unpaired) electrons. The first-order valence-electron chi connectivity index (χ1n) is 9.23. The molecule has 1 aromatic carbocycles. The number of rotatable bonds is 6. The Morgan fingerprint density at radius 2 is 2.04 bits per heavy atom. The third-order valence-electron chi connectivity index (χ3n) is 4.57. The second-order valence-corrected chi connectivity index (χ2v) is 7.29. The molecule has 1 saturated heterocycles. The Labute approximate surface area is 149 Å². The minimum absolute atomic E-state index is 0.00159. The average molecular weight is 344 g/mol. The van der Waals surface area contributed by atoms with Gasteiger partial charge in [-0.05, 0) is 57.2 Å². The first kappa shape index (κ1) is 17.6. The van der Waals surface area contributed by atoms with Crippen LogP contribution in [-0.4, -0.2) is 41.5 Å². The molecule has 136 valence electrons. The van der Waals surface area contributed by atoms with Crippen LogP contribution in [0.5, 0.6) is 0 Å². The minimum atomic E-state index is -0.324. The maximum Gasteiger partial charge on any atom is 0.318 e. The van der Waals surface area contributed by atoms with Crippen LogP contribution in [0.3, 0.4) is 0 Å². The third kappa shape index (κ3) is 4.87. The van der Waals surface area contributed by atoms with Gasteiger partial charge in [-0.2, -0.15) is 0 Å². The van der Waals surface area contributed by atoms with Crippen LogP contribution in [0.1, 0.15) is 45.1 Å². The Hall–Kier alpha value is -2.24. The SMILES string of the molecule is CC(C)Nc1cccc(CNC(=O)N2CCC[C@@H]2C(=O)NC2CC2)c1. The van der Waals surface area contributed by atoms with E-state index in [0.29, 0.717) is 25.2 Å². The molecule has 2 fully saturated rings. The van der Waals surface area contributed by atoms with Crippen LogP contribution in [0.4, 0.5) is 10.5 Å². The number of amides is 3. The molecule has 0 unspecified atom stereocenters. The number of nitrogens with zero attached hydrogens (tertiary/aromatic N) is 1. The molecule has 1 aromatic rings. The second-order valence-electron chi connectivity index (χ2n) is 7.29. The Bertz CT molecular complexity index is 628. The Balaban J connectivity index is 1.53. The van der Waals surface area contributed by atoms with E-state index in [4.69, 9.17) is 0 Å². The fourth-order valence-corrected chi connectivity index (χ4v) is 3.19. The summed E-state index contributed by atoms with van der Waals surface area (Å²) >= 11 is 0. The van der Waals surface area contributed by atoms with Gasteiger partial charge in [0.2, 0.25) is 5.91 Å². The van der Waals surface area contributed by atoms with Crippen LogP contribution < -0.4 is 16.0 Å². The molecule has 1 atom stereocenters. The summed E-state index contributed by atoms with van der Waals surface area (Å²) in [5.74, 6) is -0.00159. The first-order chi connectivity index (χ1) is 12.0. The number of likely N-dealkylation sites (tertiary alicyclic amines) is 1. The van der Waals surface area contributed by atoms with Crippen LogP contribution >= 0.6 is 0 Å². The van der Waals surface area contributed by atoms with Gasteiger partial charge in [0.25, 0.3) is 0 Å². The molecule has 0 spiro atoms. The molecule has 1 heterocycles. The molecule has 3 N–H and O–H groups in total. The van der Waals surface area contributed by atoms with Crippen LogP contribution in [0.25, 0.3) is 0 Å². The van der Waals surface area contributed by atoms with Crippen molar-refractivity contribution in [2.24, 2.45) is 0 Å². The molecular formula is C19H28N4O2. The van der Waals surface area contributed by atoms with E-state index in [1.165, 1.54) is 0 Å². The smallest absolute Gasteiger partial charge is 0.318 e. The van der Waals surface area contributed by atoms with Gasteiger partial charge in [0.15, 0.2) is 0 Å². The standard InChI is InChI=1S/C19H28N4O2/c1-13(2)21-16-6-3-5-14(11-16)12-20-19(25)23-10-4-7-17(23)18(24)22-15-8-9-15/h3,5-6,11,13,15,17,21H,4,7-10,12H2,1-2H3,(H,20,25)(H,22,24)/t17-/m1/s1. The van der Waals surface area contributed by atoms with E-state index in [0.717, 1.165) is 36.9 Å². The number of hydrogen-bond donors (Lipinski definition) is 3. The molecule has 0 bridgehead atoms. The molecule has 1 aliphatic carbocycles. The maximum atomic E-state index is 12.5. The van der Waals surface area contributed by atoms with Crippen LogP contribution in [0, 0.1) is 0 Å². The number of nitrogens with one attached hydrogen (secondary N) is 3. The van der Waals surface area contributed by atoms with E-state index >= 15 is 0 Å². The summed E-state index contributed by atoms with van der Waals surface area (Å²) in [5, 5.41) is 9.32. The highest BCUT2D eigenvalue weighted by Crippen LogP contribution is 2.22. The van der Waals surface area contributed by atoms with Crippen molar-refractivity contribution in [3.63, 3.8) is 0 Å². The summed E-state index contributed by atoms with van der Waals surface area (Å²) < 4.78 is 0. The molecule has 1 aliphatic heterocycles. The van der Waals surface area contributed by atoms with Crippen LogP contribution in [-0.2, 0) is 11.3 Å². The van der Waals surface area contributed by atoms with Crippen molar-refractivity contribution in [3.05, 3.63) is 29.8 Å². The van der Waals surface area contributed by atoms with Gasteiger partial charge in [0, 0.05) is 30.9 Å². The summed E-state index contributed by atoms with van der Waals surface area (Å²) in [6.45, 7) is 5.28. The van der Waals surface area contributed by atoms with Crippen molar-refractivity contribution in [2.45, 2.75) is 64.2 Å². The molecule has 6 nitrogen and oxygen atoms in total. The van der Waals surface area contributed by atoms with E-state index < -0.39 is 0 Å². The zero-order valence-corrected chi connectivity index (χ0v) is 15.0. The highest BCUT2D eigenvalue weighted by molar-refractivity contribution is 5.88. The summed E-state index contributed by atoms with van der Waals surface area (Å²) in [6.07, 6.45) is 3.75. The number of anilines is 1. The Morgan fingerprint density at radius 3 is 2.76 bits per heavy atom. The van der Waals surface area contributed by atoms with Crippen LogP contribution in [0.15, 0.2) is 24.3 Å². The van der Waals surface area contributed by atoms with Crippen molar-refractivity contribution < 1.29 is 9.59 Å². The monoisotopic (exact) mass is 344 g/mol. The van der Waals surface area contributed by atoms with Gasteiger partial charge in [0.05, 0.1) is 0 Å². The van der Waals surface area contributed by atoms with Gasteiger partial charge < -0.3 is 20.9 Å². The van der Waals surface area contributed by atoms with E-state index in [1.54, 1.807) is 4.90 Å². The predicted octanol–water partition coefficient (Wildman–Crippen LogP) is 2.46. The molecule has 0 aromatic heterocycles. The molecular weight excluding hydrogens is 316 g/mol. The van der Waals surface area contributed by atoms with Gasteiger partial charge in [-0.15, -0.1) is 0 Å². The zero-order valence-electron chi connectivity index (χ0n) is 15.0. The lowest BCUT2D eigenvalue weighted by atomic mass is 10.2. The van der Waals surface area contributed by atoms with E-state index in [-0.39, 0.29) is 18.0 Å². The van der Waals surface area contributed by atoms with Crippen molar-refractivity contribution in [1.82, 2.24) is 15.5 Å². The van der Waals surface area contributed by atoms with Gasteiger partial charge >= 0.3 is 6.03 Å².